The van der Waals surface area contributed by atoms with Crippen molar-refractivity contribution < 1.29 is 0 Å². The molecule has 2 saturated carbocycles. The van der Waals surface area contributed by atoms with Crippen molar-refractivity contribution in [3.05, 3.63) is 0 Å². The van der Waals surface area contributed by atoms with Gasteiger partial charge in [0.05, 0.1) is 0 Å². The summed E-state index contributed by atoms with van der Waals surface area (Å²) in [7, 11) is 0. The molecule has 1 aliphatic heterocycles. The van der Waals surface area contributed by atoms with E-state index in [1.165, 1.54) is 57.9 Å². The van der Waals surface area contributed by atoms with Crippen LogP contribution >= 0.6 is 0 Å². The predicted molar refractivity (Wildman–Crippen MR) is 54.6 cm³/mol. The van der Waals surface area contributed by atoms with Gasteiger partial charge in [-0.25, -0.2) is 0 Å². The van der Waals surface area contributed by atoms with E-state index in [0.717, 1.165) is 17.4 Å². The van der Waals surface area contributed by atoms with Gasteiger partial charge in [0.2, 0.25) is 0 Å². The highest BCUT2D eigenvalue weighted by molar-refractivity contribution is 5.08. The van der Waals surface area contributed by atoms with Gasteiger partial charge in [0.15, 0.2) is 0 Å². The lowest BCUT2D eigenvalue weighted by Gasteiger charge is -2.29. The maximum Gasteiger partial charge on any atom is 0.0127 e. The van der Waals surface area contributed by atoms with Crippen molar-refractivity contribution in [1.29, 1.82) is 0 Å². The van der Waals surface area contributed by atoms with Crippen LogP contribution in [0.5, 0.6) is 0 Å². The summed E-state index contributed by atoms with van der Waals surface area (Å²) in [6.45, 7) is 1.29. The van der Waals surface area contributed by atoms with Crippen molar-refractivity contribution >= 4 is 0 Å². The average Bonchev–Trinajstić information content (AvgIpc) is 2.68. The van der Waals surface area contributed by atoms with Gasteiger partial charge in [-0.2, -0.15) is 0 Å². The van der Waals surface area contributed by atoms with E-state index in [2.05, 4.69) is 5.32 Å². The maximum atomic E-state index is 3.74. The van der Waals surface area contributed by atoms with Crippen LogP contribution in [0.3, 0.4) is 0 Å². The van der Waals surface area contributed by atoms with Gasteiger partial charge in [-0.1, -0.05) is 12.8 Å². The molecular weight excluding hydrogens is 158 g/mol. The largest absolute Gasteiger partial charge is 0.313 e. The highest BCUT2D eigenvalue weighted by atomic mass is 15.0. The van der Waals surface area contributed by atoms with E-state index in [1.807, 2.05) is 0 Å². The summed E-state index contributed by atoms with van der Waals surface area (Å²) in [5, 5.41) is 3.74. The summed E-state index contributed by atoms with van der Waals surface area (Å²) in [6, 6.07) is 0.913. The summed E-state index contributed by atoms with van der Waals surface area (Å²) in [6.07, 6.45) is 12.1. The zero-order chi connectivity index (χ0) is 8.73. The van der Waals surface area contributed by atoms with Gasteiger partial charge in [-0.3, -0.25) is 0 Å². The molecule has 1 atom stereocenters. The third-order valence-corrected chi connectivity index (χ3v) is 4.75. The van der Waals surface area contributed by atoms with Gasteiger partial charge in [0.1, 0.15) is 0 Å². The van der Waals surface area contributed by atoms with Crippen molar-refractivity contribution in [2.24, 2.45) is 11.3 Å². The lowest BCUT2D eigenvalue weighted by molar-refractivity contribution is 0.240. The lowest BCUT2D eigenvalue weighted by Crippen LogP contribution is -2.36. The molecule has 3 aliphatic rings. The minimum absolute atomic E-state index is 0.799. The number of hydrogen-bond acceptors (Lipinski definition) is 1. The van der Waals surface area contributed by atoms with E-state index in [4.69, 9.17) is 0 Å². The summed E-state index contributed by atoms with van der Waals surface area (Å²) >= 11 is 0. The second-order valence-electron chi connectivity index (χ2n) is 5.36. The lowest BCUT2D eigenvalue weighted by atomic mass is 9.81. The van der Waals surface area contributed by atoms with Crippen LogP contribution in [-0.4, -0.2) is 12.6 Å². The molecule has 74 valence electrons. The van der Waals surface area contributed by atoms with Crippen LogP contribution in [0.2, 0.25) is 0 Å². The Morgan fingerprint density at radius 1 is 0.923 bits per heavy atom. The second-order valence-corrected chi connectivity index (χ2v) is 5.36. The minimum Gasteiger partial charge on any atom is -0.313 e. The normalized spacial score (nSPS) is 38.3. The van der Waals surface area contributed by atoms with Crippen molar-refractivity contribution in [3.8, 4) is 0 Å². The van der Waals surface area contributed by atoms with Gasteiger partial charge < -0.3 is 5.32 Å². The zero-order valence-corrected chi connectivity index (χ0v) is 8.52. The minimum atomic E-state index is 0.799. The van der Waals surface area contributed by atoms with Gasteiger partial charge in [-0.05, 0) is 56.4 Å². The molecule has 0 aromatic rings. The van der Waals surface area contributed by atoms with Crippen molar-refractivity contribution in [2.45, 2.75) is 57.4 Å². The Bertz CT molecular complexity index is 165. The highest BCUT2D eigenvalue weighted by Crippen LogP contribution is 2.60. The molecule has 0 bridgehead atoms. The Morgan fingerprint density at radius 2 is 1.69 bits per heavy atom. The Balaban J connectivity index is 1.72. The summed E-state index contributed by atoms with van der Waals surface area (Å²) in [4.78, 5) is 0. The van der Waals surface area contributed by atoms with E-state index in [1.54, 1.807) is 0 Å². The number of rotatable bonds is 2. The van der Waals surface area contributed by atoms with Crippen molar-refractivity contribution in [3.63, 3.8) is 0 Å². The second kappa shape index (κ2) is 2.98. The topological polar surface area (TPSA) is 12.0 Å². The van der Waals surface area contributed by atoms with Crippen LogP contribution in [0.4, 0.5) is 0 Å². The van der Waals surface area contributed by atoms with Crippen LogP contribution in [0.25, 0.3) is 0 Å². The fourth-order valence-corrected chi connectivity index (χ4v) is 3.86. The molecule has 1 N–H and O–H groups in total. The van der Waals surface area contributed by atoms with E-state index in [9.17, 15) is 0 Å². The molecule has 0 spiro atoms. The third-order valence-electron chi connectivity index (χ3n) is 4.75. The zero-order valence-electron chi connectivity index (χ0n) is 8.52. The van der Waals surface area contributed by atoms with E-state index < -0.39 is 0 Å². The molecule has 1 heteroatoms. The standard InChI is InChI=1S/C12H21N/c1-2-5-10(4-1)12(7-8-12)11-6-3-9-13-11/h10-11,13H,1-9H2. The molecule has 1 heterocycles. The molecule has 3 fully saturated rings. The number of hydrogen-bond donors (Lipinski definition) is 1. The number of nitrogens with one attached hydrogen (secondary N) is 1. The fourth-order valence-electron chi connectivity index (χ4n) is 3.86. The predicted octanol–water partition coefficient (Wildman–Crippen LogP) is 2.71. The van der Waals surface area contributed by atoms with Gasteiger partial charge in [0.25, 0.3) is 0 Å². The molecule has 0 amide bonds. The van der Waals surface area contributed by atoms with Gasteiger partial charge in [0, 0.05) is 6.04 Å². The SMILES string of the molecule is C1CCC(C2(C3CCCN3)CC2)C1. The molecule has 0 aromatic carbocycles. The Hall–Kier alpha value is -0.0400. The first-order valence-corrected chi connectivity index (χ1v) is 6.15. The molecule has 3 rings (SSSR count). The fraction of sp³-hybridized carbons (Fsp3) is 1.00. The molecular formula is C12H21N. The van der Waals surface area contributed by atoms with Crippen molar-refractivity contribution in [2.75, 3.05) is 6.54 Å². The first-order chi connectivity index (χ1) is 6.42. The quantitative estimate of drug-likeness (QED) is 0.687. The van der Waals surface area contributed by atoms with Crippen molar-refractivity contribution in [1.82, 2.24) is 5.32 Å². The molecule has 1 nitrogen and oxygen atoms in total. The van der Waals surface area contributed by atoms with E-state index >= 15 is 0 Å². The maximum absolute atomic E-state index is 3.74. The molecule has 2 aliphatic carbocycles. The first kappa shape index (κ1) is 8.28. The van der Waals surface area contributed by atoms with Crippen LogP contribution in [0.15, 0.2) is 0 Å². The summed E-state index contributed by atoms with van der Waals surface area (Å²) in [5.74, 6) is 1.10. The molecule has 0 aromatic heterocycles. The molecule has 0 radical (unpaired) electrons. The smallest absolute Gasteiger partial charge is 0.0127 e. The third kappa shape index (κ3) is 1.24. The Labute approximate surface area is 81.3 Å². The molecule has 1 unspecified atom stereocenters. The molecule has 13 heavy (non-hydrogen) atoms. The summed E-state index contributed by atoms with van der Waals surface area (Å²) < 4.78 is 0. The monoisotopic (exact) mass is 179 g/mol. The van der Waals surface area contributed by atoms with Crippen LogP contribution in [0.1, 0.15) is 51.4 Å². The Kier molecular flexibility index (Phi) is 1.90. The first-order valence-electron chi connectivity index (χ1n) is 6.15. The van der Waals surface area contributed by atoms with Crippen LogP contribution in [-0.2, 0) is 0 Å². The van der Waals surface area contributed by atoms with Gasteiger partial charge in [-0.15, -0.1) is 0 Å². The van der Waals surface area contributed by atoms with Crippen LogP contribution in [0, 0.1) is 11.3 Å². The summed E-state index contributed by atoms with van der Waals surface area (Å²) in [5.41, 5.74) is 0.799. The average molecular weight is 179 g/mol. The highest BCUT2D eigenvalue weighted by Gasteiger charge is 2.54. The van der Waals surface area contributed by atoms with E-state index in [0.29, 0.717) is 0 Å². The van der Waals surface area contributed by atoms with Crippen LogP contribution < -0.4 is 5.32 Å². The van der Waals surface area contributed by atoms with E-state index in [-0.39, 0.29) is 0 Å². The van der Waals surface area contributed by atoms with Gasteiger partial charge >= 0.3 is 0 Å². The Morgan fingerprint density at radius 3 is 2.23 bits per heavy atom. The molecule has 1 saturated heterocycles.